The molecule has 1 heterocycles. The van der Waals surface area contributed by atoms with E-state index >= 15 is 0 Å². The quantitative estimate of drug-likeness (QED) is 0.0245. The Bertz CT molecular complexity index is 3610. The molecule has 5 rings (SSSR count). The number of rotatable bonds is 41. The molecule has 0 radical (unpaired) electrons. The summed E-state index contributed by atoms with van der Waals surface area (Å²) in [7, 11) is -3.28. The van der Waals surface area contributed by atoms with E-state index in [4.69, 9.17) is 10.5 Å². The zero-order chi connectivity index (χ0) is 68.9. The summed E-state index contributed by atoms with van der Waals surface area (Å²) in [6, 6.07) is 14.1. The van der Waals surface area contributed by atoms with Gasteiger partial charge in [-0.1, -0.05) is 54.4 Å². The monoisotopic (exact) mass is 1330 g/mol. The maximum atomic E-state index is 14.6. The number of hydrogen-bond acceptors (Lipinski definition) is 15. The second kappa shape index (κ2) is 37.3. The minimum Gasteiger partial charge on any atom is -0.497 e. The molecule has 0 aliphatic rings. The number of fused-ring (bicyclic) bond motifs is 1. The van der Waals surface area contributed by atoms with E-state index in [0.717, 1.165) is 29.8 Å². The number of H-pyrrole nitrogens is 1. The first-order chi connectivity index (χ1) is 44.7. The number of carboxylic acids is 3. The zero-order valence-electron chi connectivity index (χ0n) is 51.6. The summed E-state index contributed by atoms with van der Waals surface area (Å²) in [4.78, 5) is 159. The van der Waals surface area contributed by atoms with Gasteiger partial charge in [-0.05, 0) is 118 Å². The lowest BCUT2D eigenvalue weighted by atomic mass is 10.0. The second-order valence-electron chi connectivity index (χ2n) is 22.0. The third kappa shape index (κ3) is 25.4. The number of amides is 9. The lowest BCUT2D eigenvalue weighted by Crippen LogP contribution is -2.58. The highest BCUT2D eigenvalue weighted by Crippen LogP contribution is 2.21. The Morgan fingerprint density at radius 1 is 0.564 bits per heavy atom. The number of hydrogen-bond donors (Lipinski definition) is 14. The van der Waals surface area contributed by atoms with Crippen molar-refractivity contribution in [2.75, 3.05) is 26.7 Å². The smallest absolute Gasteiger partial charge is 0.305 e. The molecule has 0 unspecified atom stereocenters. The molecule has 9 amide bonds. The molecule has 506 valence electrons. The number of carbonyl (C=O) groups is 12. The van der Waals surface area contributed by atoms with Crippen molar-refractivity contribution in [3.8, 4) is 5.75 Å². The van der Waals surface area contributed by atoms with E-state index in [9.17, 15) is 85.7 Å². The highest BCUT2D eigenvalue weighted by molar-refractivity contribution is 7.89. The Labute approximate surface area is 540 Å². The van der Waals surface area contributed by atoms with Crippen molar-refractivity contribution in [1.29, 1.82) is 0 Å². The number of carboxylic acid groups (broad SMARTS) is 3. The predicted molar refractivity (Wildman–Crippen MR) is 336 cm³/mol. The number of aliphatic carboxylic acids is 3. The average molecular weight is 1330 g/mol. The van der Waals surface area contributed by atoms with Crippen LogP contribution in [0.25, 0.3) is 10.9 Å². The van der Waals surface area contributed by atoms with Crippen LogP contribution in [-0.2, 0) is 75.6 Å². The first-order valence-electron chi connectivity index (χ1n) is 30.0. The Morgan fingerprint density at radius 3 is 1.77 bits per heavy atom. The molecule has 1 aromatic heterocycles. The number of sulfonamides is 1. The minimum absolute atomic E-state index is 0.00996. The lowest BCUT2D eigenvalue weighted by Gasteiger charge is -2.26. The number of unbranched alkanes of at least 4 members (excludes halogenated alkanes) is 3. The SMILES string of the molecule is COc1ccc(S(=O)(=O)N[C@H](CC(=O)O)C(=O)N[C@@H](CCC(=O)O)C(=O)NCC(=O)N[C@@H](Cc2cccc(F)c2)C(=O)N[C@@H](Cc2c[nH]c3ccccc23)C(=O)N[C@@H](CCC(=O)O)C(=O)NCCCCCC(=O)N[C@@H](CCCCNC(=O)c2ccc(C)cc2)C(N)=O)cc1. The van der Waals surface area contributed by atoms with Crippen molar-refractivity contribution >= 4 is 92.0 Å². The molecule has 0 fully saturated rings. The van der Waals surface area contributed by atoms with Crippen LogP contribution in [0.3, 0.4) is 0 Å². The Kier molecular flexibility index (Phi) is 29.5. The van der Waals surface area contributed by atoms with Crippen LogP contribution in [0.15, 0.2) is 108 Å². The van der Waals surface area contributed by atoms with Gasteiger partial charge in [0.25, 0.3) is 5.91 Å². The van der Waals surface area contributed by atoms with Gasteiger partial charge in [0.15, 0.2) is 0 Å². The van der Waals surface area contributed by atoms with E-state index in [1.54, 1.807) is 42.6 Å². The van der Waals surface area contributed by atoms with Crippen LogP contribution < -0.4 is 57.7 Å². The summed E-state index contributed by atoms with van der Waals surface area (Å²) in [6.45, 7) is 1.28. The van der Waals surface area contributed by atoms with Crippen molar-refractivity contribution in [3.63, 3.8) is 0 Å². The number of primary amides is 1. The summed E-state index contributed by atoms with van der Waals surface area (Å²) >= 11 is 0. The summed E-state index contributed by atoms with van der Waals surface area (Å²) in [5.74, 6) is -12.8. The third-order valence-electron chi connectivity index (χ3n) is 14.6. The molecule has 6 atom stereocenters. The van der Waals surface area contributed by atoms with E-state index in [-0.39, 0.29) is 43.0 Å². The number of methoxy groups -OCH3 is 1. The van der Waals surface area contributed by atoms with E-state index in [1.165, 1.54) is 31.4 Å². The number of nitrogens with two attached hydrogens (primary N) is 1. The van der Waals surface area contributed by atoms with Gasteiger partial charge >= 0.3 is 17.9 Å². The number of ether oxygens (including phenoxy) is 1. The van der Waals surface area contributed by atoms with Crippen LogP contribution in [0.1, 0.15) is 104 Å². The molecule has 94 heavy (non-hydrogen) atoms. The van der Waals surface area contributed by atoms with Gasteiger partial charge in [-0.15, -0.1) is 0 Å². The van der Waals surface area contributed by atoms with Crippen molar-refractivity contribution in [1.82, 2.24) is 52.2 Å². The van der Waals surface area contributed by atoms with E-state index < -0.39 is 167 Å². The van der Waals surface area contributed by atoms with Gasteiger partial charge in [0.1, 0.15) is 47.8 Å². The van der Waals surface area contributed by atoms with Gasteiger partial charge in [0.05, 0.1) is 25.0 Å². The number of para-hydroxylation sites is 1. The van der Waals surface area contributed by atoms with Gasteiger partial charge in [-0.2, -0.15) is 4.72 Å². The van der Waals surface area contributed by atoms with Gasteiger partial charge in [-0.25, -0.2) is 12.8 Å². The molecule has 0 aliphatic heterocycles. The molecule has 15 N–H and O–H groups in total. The summed E-state index contributed by atoms with van der Waals surface area (Å²) in [6.07, 6.45) is -0.408. The van der Waals surface area contributed by atoms with Gasteiger partial charge < -0.3 is 73.3 Å². The zero-order valence-corrected chi connectivity index (χ0v) is 52.4. The predicted octanol–water partition coefficient (Wildman–Crippen LogP) is 1.26. The van der Waals surface area contributed by atoms with Gasteiger partial charge in [-0.3, -0.25) is 57.5 Å². The summed E-state index contributed by atoms with van der Waals surface area (Å²) in [5.41, 5.74) is 8.36. The molecule has 4 aromatic carbocycles. The van der Waals surface area contributed by atoms with Crippen molar-refractivity contribution in [2.24, 2.45) is 5.73 Å². The average Bonchev–Trinajstić information content (AvgIpc) is 1.40. The van der Waals surface area contributed by atoms with Crippen molar-refractivity contribution < 1.29 is 90.4 Å². The van der Waals surface area contributed by atoms with Crippen LogP contribution >= 0.6 is 0 Å². The molecule has 0 saturated carbocycles. The molecule has 0 aliphatic carbocycles. The fourth-order valence-corrected chi connectivity index (χ4v) is 10.8. The number of halogens is 1. The Balaban J connectivity index is 1.24. The molecule has 0 saturated heterocycles. The topological polar surface area (TPSA) is 459 Å². The number of nitrogens with one attached hydrogen (secondary N) is 10. The summed E-state index contributed by atoms with van der Waals surface area (Å²) < 4.78 is 48.1. The Morgan fingerprint density at radius 2 is 1.15 bits per heavy atom. The number of benzene rings is 4. The van der Waals surface area contributed by atoms with Crippen molar-refractivity contribution in [2.45, 2.75) is 138 Å². The standard InChI is InChI=1S/C63H78FN11O18S/c1-37-17-19-39(20-18-37)58(85)66-30-9-7-15-46(57(65)84)70-52(76)16-4-3-8-29-67-59(86)47(25-27-54(78)79)72-62(89)50(33-40-35-68-45-14-6-5-13-44(40)45)74-61(88)49(32-38-11-10-12-41(64)31-38)71-53(77)36-69-60(87)48(26-28-55(80)81)73-63(90)51(34-56(82)83)75-94(91,92)43-23-21-42(93-2)22-24-43/h5-6,10-14,17-24,31,35,46-51,68,75H,3-4,7-9,15-16,25-30,32-34,36H2,1-2H3,(H2,65,84)(H,66,85)(H,67,86)(H,69,87)(H,70,76)(H,71,77)(H,72,89)(H,73,90)(H,74,88)(H,78,79)(H,80,81)(H,82,83)/t46-,47-,48-,49-,50-,51+/m0/s1. The molecule has 29 nitrogen and oxygen atoms in total. The minimum atomic E-state index is -4.60. The van der Waals surface area contributed by atoms with E-state index in [1.807, 2.05) is 23.8 Å². The second-order valence-corrected chi connectivity index (χ2v) is 23.7. The van der Waals surface area contributed by atoms with Crippen LogP contribution in [0.5, 0.6) is 5.75 Å². The lowest BCUT2D eigenvalue weighted by molar-refractivity contribution is -0.140. The molecule has 31 heteroatoms. The third-order valence-corrected chi connectivity index (χ3v) is 16.1. The maximum absolute atomic E-state index is 14.6. The van der Waals surface area contributed by atoms with Crippen LogP contribution in [0.4, 0.5) is 4.39 Å². The molecule has 5 aromatic rings. The maximum Gasteiger partial charge on any atom is 0.305 e. The first kappa shape index (κ1) is 74.4. The highest BCUT2D eigenvalue weighted by Gasteiger charge is 2.34. The van der Waals surface area contributed by atoms with Crippen LogP contribution in [0, 0.1) is 12.7 Å². The van der Waals surface area contributed by atoms with E-state index in [0.29, 0.717) is 60.7 Å². The largest absolute Gasteiger partial charge is 0.497 e. The molecule has 0 bridgehead atoms. The van der Waals surface area contributed by atoms with Crippen molar-refractivity contribution in [3.05, 3.63) is 131 Å². The highest BCUT2D eigenvalue weighted by atomic mass is 32.2. The number of carbonyl (C=O) groups excluding carboxylic acids is 9. The number of aromatic nitrogens is 1. The molecular weight excluding hydrogens is 1250 g/mol. The van der Waals surface area contributed by atoms with Gasteiger partial charge in [0, 0.05) is 67.9 Å². The number of aromatic amines is 1. The van der Waals surface area contributed by atoms with Crippen LogP contribution in [0.2, 0.25) is 0 Å². The van der Waals surface area contributed by atoms with Gasteiger partial charge in [0.2, 0.25) is 57.3 Å². The first-order valence-corrected chi connectivity index (χ1v) is 31.5. The fraction of sp³-hybridized carbons (Fsp3) is 0.397. The Hall–Kier alpha value is -10.3. The summed E-state index contributed by atoms with van der Waals surface area (Å²) in [5, 5.41) is 49.3. The molecular formula is C63H78FN11O18S. The van der Waals surface area contributed by atoms with Crippen LogP contribution in [-0.4, -0.2) is 163 Å². The fourth-order valence-electron chi connectivity index (χ4n) is 9.59. The number of aryl methyl sites for hydroxylation is 1. The normalized spacial score (nSPS) is 13.1. The van der Waals surface area contributed by atoms with E-state index in [2.05, 4.69) is 47.5 Å². The molecule has 0 spiro atoms.